The molecular formula is C21H31FN2O. The van der Waals surface area contributed by atoms with E-state index in [1.54, 1.807) is 0 Å². The number of halogens is 1. The van der Waals surface area contributed by atoms with Crippen LogP contribution in [0.25, 0.3) is 0 Å². The minimum atomic E-state index is -0.206. The van der Waals surface area contributed by atoms with E-state index in [1.165, 1.54) is 37.8 Å². The molecule has 2 unspecified atom stereocenters. The molecule has 2 saturated carbocycles. The summed E-state index contributed by atoms with van der Waals surface area (Å²) in [5.41, 5.74) is 1.10. The molecule has 138 valence electrons. The standard InChI is InChI=1S/C21H31FN2O/c1-23(2)19-11-16-13-20(14-17(16)12-19)24(3)21(25)6-4-5-15-7-9-18(22)10-8-15/h7-10,16-17,19-20H,4-6,11-14H2,1-3H3/t16-,17+,19?,20?. The number of aryl methyl sites for hydroxylation is 1. The highest BCUT2D eigenvalue weighted by Gasteiger charge is 2.43. The number of hydrogen-bond donors (Lipinski definition) is 0. The summed E-state index contributed by atoms with van der Waals surface area (Å²) in [6.07, 6.45) is 7.18. The van der Waals surface area contributed by atoms with Gasteiger partial charge in [0.15, 0.2) is 0 Å². The maximum Gasteiger partial charge on any atom is 0.222 e. The molecular weight excluding hydrogens is 315 g/mol. The molecule has 0 saturated heterocycles. The first-order chi connectivity index (χ1) is 11.9. The average Bonchev–Trinajstić information content (AvgIpc) is 3.14. The van der Waals surface area contributed by atoms with Crippen LogP contribution in [0.5, 0.6) is 0 Å². The number of carbonyl (C=O) groups is 1. The molecule has 0 radical (unpaired) electrons. The van der Waals surface area contributed by atoms with Gasteiger partial charge in [0.05, 0.1) is 0 Å². The quantitative estimate of drug-likeness (QED) is 0.784. The minimum Gasteiger partial charge on any atom is -0.343 e. The number of nitrogens with zero attached hydrogens (tertiary/aromatic N) is 2. The second-order valence-corrected chi connectivity index (χ2v) is 8.22. The summed E-state index contributed by atoms with van der Waals surface area (Å²) in [7, 11) is 6.34. The van der Waals surface area contributed by atoms with Crippen molar-refractivity contribution in [2.75, 3.05) is 21.1 Å². The lowest BCUT2D eigenvalue weighted by Crippen LogP contribution is -2.36. The number of hydrogen-bond acceptors (Lipinski definition) is 2. The largest absolute Gasteiger partial charge is 0.343 e. The van der Waals surface area contributed by atoms with Crippen LogP contribution >= 0.6 is 0 Å². The molecule has 1 aromatic carbocycles. The van der Waals surface area contributed by atoms with E-state index in [9.17, 15) is 9.18 Å². The first-order valence-corrected chi connectivity index (χ1v) is 9.60. The predicted octanol–water partition coefficient (Wildman–Crippen LogP) is 3.73. The second-order valence-electron chi connectivity index (χ2n) is 8.22. The van der Waals surface area contributed by atoms with Crippen LogP contribution in [0.3, 0.4) is 0 Å². The lowest BCUT2D eigenvalue weighted by Gasteiger charge is -2.27. The molecule has 0 aromatic heterocycles. The lowest BCUT2D eigenvalue weighted by atomic mass is 10.0. The van der Waals surface area contributed by atoms with E-state index in [0.717, 1.165) is 36.3 Å². The molecule has 0 N–H and O–H groups in total. The Morgan fingerprint density at radius 3 is 2.12 bits per heavy atom. The van der Waals surface area contributed by atoms with Crippen molar-refractivity contribution < 1.29 is 9.18 Å². The molecule has 4 atom stereocenters. The van der Waals surface area contributed by atoms with Crippen LogP contribution < -0.4 is 0 Å². The van der Waals surface area contributed by atoms with Crippen molar-refractivity contribution in [1.29, 1.82) is 0 Å². The zero-order valence-electron chi connectivity index (χ0n) is 15.7. The zero-order chi connectivity index (χ0) is 18.0. The molecule has 25 heavy (non-hydrogen) atoms. The van der Waals surface area contributed by atoms with Gasteiger partial charge in [-0.05, 0) is 82.2 Å². The van der Waals surface area contributed by atoms with Crippen LogP contribution in [0.15, 0.2) is 24.3 Å². The van der Waals surface area contributed by atoms with E-state index in [0.29, 0.717) is 12.5 Å². The molecule has 2 aliphatic carbocycles. The van der Waals surface area contributed by atoms with Crippen LogP contribution in [-0.4, -0.2) is 48.9 Å². The van der Waals surface area contributed by atoms with E-state index < -0.39 is 0 Å². The number of amides is 1. The van der Waals surface area contributed by atoms with Crippen LogP contribution in [0.1, 0.15) is 44.1 Å². The molecule has 4 heteroatoms. The highest BCUT2D eigenvalue weighted by molar-refractivity contribution is 5.76. The monoisotopic (exact) mass is 346 g/mol. The van der Waals surface area contributed by atoms with Crippen molar-refractivity contribution in [3.8, 4) is 0 Å². The average molecular weight is 346 g/mol. The zero-order valence-corrected chi connectivity index (χ0v) is 15.7. The fraction of sp³-hybridized carbons (Fsp3) is 0.667. The summed E-state index contributed by atoms with van der Waals surface area (Å²) in [5.74, 6) is 1.65. The Balaban J connectivity index is 1.42. The molecule has 0 aliphatic heterocycles. The van der Waals surface area contributed by atoms with Crippen molar-refractivity contribution in [3.05, 3.63) is 35.6 Å². The molecule has 1 amide bonds. The van der Waals surface area contributed by atoms with Crippen molar-refractivity contribution in [2.24, 2.45) is 11.8 Å². The van der Waals surface area contributed by atoms with Gasteiger partial charge in [-0.2, -0.15) is 0 Å². The SMILES string of the molecule is CN(C)C1C[C@@H]2CC(N(C)C(=O)CCCc3ccc(F)cc3)C[C@@H]2C1. The Hall–Kier alpha value is -1.42. The fourth-order valence-corrected chi connectivity index (χ4v) is 4.77. The van der Waals surface area contributed by atoms with Crippen molar-refractivity contribution >= 4 is 5.91 Å². The number of rotatable bonds is 6. The van der Waals surface area contributed by atoms with Gasteiger partial charge in [-0.15, -0.1) is 0 Å². The lowest BCUT2D eigenvalue weighted by molar-refractivity contribution is -0.132. The molecule has 1 aromatic rings. The molecule has 2 aliphatic rings. The number of benzene rings is 1. The second kappa shape index (κ2) is 7.86. The highest BCUT2D eigenvalue weighted by atomic mass is 19.1. The molecule has 3 nitrogen and oxygen atoms in total. The van der Waals surface area contributed by atoms with E-state index in [-0.39, 0.29) is 11.7 Å². The summed E-state index contributed by atoms with van der Waals surface area (Å²) >= 11 is 0. The third-order valence-electron chi connectivity index (χ3n) is 6.41. The van der Waals surface area contributed by atoms with Gasteiger partial charge in [0.2, 0.25) is 5.91 Å². The third kappa shape index (κ3) is 4.41. The highest BCUT2D eigenvalue weighted by Crippen LogP contribution is 2.46. The topological polar surface area (TPSA) is 23.6 Å². The molecule has 2 fully saturated rings. The third-order valence-corrected chi connectivity index (χ3v) is 6.41. The Morgan fingerprint density at radius 2 is 1.56 bits per heavy atom. The van der Waals surface area contributed by atoms with Gasteiger partial charge in [-0.25, -0.2) is 4.39 Å². The molecule has 0 spiro atoms. The van der Waals surface area contributed by atoms with E-state index in [2.05, 4.69) is 19.0 Å². The van der Waals surface area contributed by atoms with Gasteiger partial charge >= 0.3 is 0 Å². The maximum absolute atomic E-state index is 12.9. The van der Waals surface area contributed by atoms with Crippen LogP contribution in [0, 0.1) is 17.7 Å². The maximum atomic E-state index is 12.9. The smallest absolute Gasteiger partial charge is 0.222 e. The number of fused-ring (bicyclic) bond motifs is 1. The Morgan fingerprint density at radius 1 is 1.00 bits per heavy atom. The Bertz CT molecular complexity index is 572. The fourth-order valence-electron chi connectivity index (χ4n) is 4.77. The first kappa shape index (κ1) is 18.4. The van der Waals surface area contributed by atoms with Gasteiger partial charge in [0, 0.05) is 25.6 Å². The van der Waals surface area contributed by atoms with Gasteiger partial charge in [-0.3, -0.25) is 4.79 Å². The van der Waals surface area contributed by atoms with Crippen LogP contribution in [0.2, 0.25) is 0 Å². The Kier molecular flexibility index (Phi) is 5.78. The van der Waals surface area contributed by atoms with Crippen LogP contribution in [0.4, 0.5) is 4.39 Å². The normalized spacial score (nSPS) is 28.4. The van der Waals surface area contributed by atoms with E-state index in [1.807, 2.05) is 24.1 Å². The molecule has 3 rings (SSSR count). The molecule has 0 heterocycles. The van der Waals surface area contributed by atoms with Crippen molar-refractivity contribution in [3.63, 3.8) is 0 Å². The van der Waals surface area contributed by atoms with Gasteiger partial charge in [0.25, 0.3) is 0 Å². The van der Waals surface area contributed by atoms with Gasteiger partial charge in [-0.1, -0.05) is 12.1 Å². The summed E-state index contributed by atoms with van der Waals surface area (Å²) in [4.78, 5) is 16.9. The Labute approximate surface area is 151 Å². The van der Waals surface area contributed by atoms with Gasteiger partial charge < -0.3 is 9.80 Å². The summed E-state index contributed by atoms with van der Waals surface area (Å²) in [6.45, 7) is 0. The van der Waals surface area contributed by atoms with Gasteiger partial charge in [0.1, 0.15) is 5.82 Å². The van der Waals surface area contributed by atoms with E-state index >= 15 is 0 Å². The van der Waals surface area contributed by atoms with Crippen LogP contribution in [-0.2, 0) is 11.2 Å². The number of carbonyl (C=O) groups excluding carboxylic acids is 1. The summed E-state index contributed by atoms with van der Waals surface area (Å²) in [6, 6.07) is 7.75. The predicted molar refractivity (Wildman–Crippen MR) is 98.8 cm³/mol. The molecule has 0 bridgehead atoms. The van der Waals surface area contributed by atoms with Crippen molar-refractivity contribution in [2.45, 2.75) is 57.0 Å². The summed E-state index contributed by atoms with van der Waals surface area (Å²) in [5, 5.41) is 0. The van der Waals surface area contributed by atoms with Crippen molar-refractivity contribution in [1.82, 2.24) is 9.80 Å². The summed E-state index contributed by atoms with van der Waals surface area (Å²) < 4.78 is 12.9. The minimum absolute atomic E-state index is 0.206. The first-order valence-electron chi connectivity index (χ1n) is 9.60. The van der Waals surface area contributed by atoms with E-state index in [4.69, 9.17) is 0 Å².